The smallest absolute Gasteiger partial charge is 0.222 e. The Bertz CT molecular complexity index is 939. The van der Waals surface area contributed by atoms with Crippen molar-refractivity contribution in [3.8, 4) is 0 Å². The van der Waals surface area contributed by atoms with E-state index in [0.717, 1.165) is 16.8 Å². The number of carbonyl (C=O) groups excluding carboxylic acids is 2. The molecular weight excluding hydrogens is 591 g/mol. The summed E-state index contributed by atoms with van der Waals surface area (Å²) in [5.41, 5.74) is 4.28. The quantitative estimate of drug-likeness (QED) is 0.282. The first kappa shape index (κ1) is 18.7. The number of carbonyl (C=O) groups is 1. The van der Waals surface area contributed by atoms with Gasteiger partial charge in [0.15, 0.2) is 0 Å². The van der Waals surface area contributed by atoms with Gasteiger partial charge in [0.1, 0.15) is 12.1 Å². The number of benzene rings is 1. The summed E-state index contributed by atoms with van der Waals surface area (Å²) in [5.74, 6) is 0.570. The van der Waals surface area contributed by atoms with Crippen molar-refractivity contribution in [2.45, 2.75) is 13.8 Å². The standard InChI is InChI=1S/C16H12IN4O2.W/c1-9-3-4-11(15(17)23)5-13(9)20-16-14-10(2)12(7-22)6-21(14)19-8-18-16;/h3-6,8H,1-2H3,(H,18,19,20);/q-1;. The minimum Gasteiger partial charge on any atom is -0.376 e. The predicted octanol–water partition coefficient (Wildman–Crippen LogP) is 3.12. The van der Waals surface area contributed by atoms with Gasteiger partial charge in [-0.25, -0.2) is 4.98 Å². The molecule has 0 amide bonds. The summed E-state index contributed by atoms with van der Waals surface area (Å²) in [6.07, 6.45) is 4.92. The van der Waals surface area contributed by atoms with Crippen molar-refractivity contribution in [3.63, 3.8) is 0 Å². The van der Waals surface area contributed by atoms with Gasteiger partial charge in [0.25, 0.3) is 0 Å². The number of hydrogen-bond donors (Lipinski definition) is 1. The van der Waals surface area contributed by atoms with Crippen molar-refractivity contribution < 1.29 is 30.7 Å². The number of nitrogens with zero attached hydrogens (tertiary/aromatic N) is 3. The summed E-state index contributed by atoms with van der Waals surface area (Å²) in [4.78, 5) is 26.8. The molecule has 122 valence electrons. The average Bonchev–Trinajstić information content (AvgIpc) is 2.86. The van der Waals surface area contributed by atoms with Crippen LogP contribution in [-0.2, 0) is 25.9 Å². The Morgan fingerprint density at radius 1 is 1.33 bits per heavy atom. The molecule has 0 aliphatic carbocycles. The number of fused-ring (bicyclic) bond motifs is 1. The van der Waals surface area contributed by atoms with Crippen LogP contribution in [0.3, 0.4) is 0 Å². The Morgan fingerprint density at radius 2 is 2.08 bits per heavy atom. The van der Waals surface area contributed by atoms with E-state index in [0.29, 0.717) is 22.5 Å². The second-order valence-electron chi connectivity index (χ2n) is 5.10. The van der Waals surface area contributed by atoms with Gasteiger partial charge in [0, 0.05) is 60.4 Å². The molecular formula is C16H12IN4O2W-. The minimum atomic E-state index is -0.0322. The van der Waals surface area contributed by atoms with Crippen molar-refractivity contribution in [2.75, 3.05) is 5.32 Å². The Morgan fingerprint density at radius 3 is 2.75 bits per heavy atom. The summed E-state index contributed by atoms with van der Waals surface area (Å²) in [5, 5.41) is 7.34. The molecule has 0 fully saturated rings. The van der Waals surface area contributed by atoms with Crippen LogP contribution in [0, 0.1) is 13.8 Å². The monoisotopic (exact) mass is 603 g/mol. The van der Waals surface area contributed by atoms with Crippen LogP contribution in [0.15, 0.2) is 30.7 Å². The number of anilines is 2. The van der Waals surface area contributed by atoms with Gasteiger partial charge in [-0.1, -0.05) is 25.3 Å². The average molecular weight is 603 g/mol. The van der Waals surface area contributed by atoms with Crippen molar-refractivity contribution >= 4 is 49.7 Å². The Labute approximate surface area is 166 Å². The van der Waals surface area contributed by atoms with E-state index in [1.165, 1.54) is 6.33 Å². The van der Waals surface area contributed by atoms with Gasteiger partial charge in [0.2, 0.25) is 3.79 Å². The molecule has 0 saturated carbocycles. The molecule has 6 nitrogen and oxygen atoms in total. The summed E-state index contributed by atoms with van der Waals surface area (Å²) in [7, 11) is 0. The molecule has 3 aromatic rings. The molecule has 1 N–H and O–H groups in total. The van der Waals surface area contributed by atoms with Crippen molar-refractivity contribution in [1.82, 2.24) is 14.6 Å². The molecule has 0 aliphatic rings. The van der Waals surface area contributed by atoms with Crippen LogP contribution in [0.5, 0.6) is 0 Å². The fourth-order valence-electron chi connectivity index (χ4n) is 2.36. The van der Waals surface area contributed by atoms with E-state index in [1.54, 1.807) is 45.4 Å². The first-order chi connectivity index (χ1) is 11.0. The van der Waals surface area contributed by atoms with Crippen molar-refractivity contribution in [2.24, 2.45) is 0 Å². The number of rotatable bonds is 4. The largest absolute Gasteiger partial charge is 0.376 e. The number of nitrogens with one attached hydrogen (secondary N) is 1. The first-order valence-corrected chi connectivity index (χ1v) is 7.87. The molecule has 0 spiro atoms. The van der Waals surface area contributed by atoms with Crippen LogP contribution < -0.4 is 5.32 Å². The topological polar surface area (TPSA) is 76.4 Å². The minimum absolute atomic E-state index is 0. The first-order valence-electron chi connectivity index (χ1n) is 6.80. The summed E-state index contributed by atoms with van der Waals surface area (Å²) in [6, 6.07) is 5.45. The van der Waals surface area contributed by atoms with E-state index < -0.39 is 0 Å². The summed E-state index contributed by atoms with van der Waals surface area (Å²) < 4.78 is 1.56. The molecule has 0 bridgehead atoms. The molecule has 0 radical (unpaired) electrons. The molecule has 3 rings (SSSR count). The van der Waals surface area contributed by atoms with Gasteiger partial charge in [0.05, 0.1) is 6.29 Å². The van der Waals surface area contributed by atoms with Gasteiger partial charge in [-0.05, 0) is 18.6 Å². The summed E-state index contributed by atoms with van der Waals surface area (Å²) >= 11 is 1.76. The van der Waals surface area contributed by atoms with Gasteiger partial charge < -0.3 is 14.6 Å². The normalized spacial score (nSPS) is 10.3. The molecule has 0 unspecified atom stereocenters. The zero-order valence-corrected chi connectivity index (χ0v) is 17.9. The zero-order valence-electron chi connectivity index (χ0n) is 12.8. The molecule has 0 atom stereocenters. The van der Waals surface area contributed by atoms with E-state index in [4.69, 9.17) is 0 Å². The number of aryl methyl sites for hydroxylation is 2. The van der Waals surface area contributed by atoms with Crippen LogP contribution >= 0.6 is 22.6 Å². The third-order valence-electron chi connectivity index (χ3n) is 3.65. The Kier molecular flexibility index (Phi) is 5.87. The van der Waals surface area contributed by atoms with E-state index >= 15 is 0 Å². The molecule has 2 aromatic heterocycles. The maximum Gasteiger partial charge on any atom is 0.222 e. The maximum atomic E-state index is 11.6. The van der Waals surface area contributed by atoms with Gasteiger partial charge in [-0.15, -0.1) is 11.1 Å². The Balaban J connectivity index is 0.00000208. The molecule has 24 heavy (non-hydrogen) atoms. The van der Waals surface area contributed by atoms with Gasteiger partial charge in [-0.3, -0.25) is 4.79 Å². The number of aromatic nitrogens is 3. The van der Waals surface area contributed by atoms with Crippen LogP contribution in [0.1, 0.15) is 27.0 Å². The fraction of sp³-hybridized carbons (Fsp3) is 0.125. The van der Waals surface area contributed by atoms with Crippen LogP contribution in [-0.4, -0.2) is 24.7 Å². The SMILES string of the molecule is Cc1ccc(C(=O)I)cc1Nc1ncnn2cc([C-]=O)c(C)c12.[W]. The number of hydrogen-bond acceptors (Lipinski definition) is 5. The third-order valence-corrected chi connectivity index (χ3v) is 4.28. The van der Waals surface area contributed by atoms with E-state index in [-0.39, 0.29) is 24.9 Å². The molecule has 8 heteroatoms. The fourth-order valence-corrected chi connectivity index (χ4v) is 2.70. The van der Waals surface area contributed by atoms with Gasteiger partial charge in [-0.2, -0.15) is 5.10 Å². The van der Waals surface area contributed by atoms with Gasteiger partial charge >= 0.3 is 0 Å². The zero-order chi connectivity index (χ0) is 16.6. The van der Waals surface area contributed by atoms with Crippen LogP contribution in [0.4, 0.5) is 11.5 Å². The second kappa shape index (κ2) is 7.52. The summed E-state index contributed by atoms with van der Waals surface area (Å²) in [6.45, 7) is 3.76. The molecule has 0 saturated heterocycles. The Hall–Kier alpha value is -1.60. The number of halogens is 1. The van der Waals surface area contributed by atoms with Crippen molar-refractivity contribution in [3.05, 3.63) is 53.0 Å². The predicted molar refractivity (Wildman–Crippen MR) is 95.3 cm³/mol. The molecule has 0 aliphatic heterocycles. The van der Waals surface area contributed by atoms with Crippen molar-refractivity contribution in [1.29, 1.82) is 0 Å². The van der Waals surface area contributed by atoms with E-state index in [2.05, 4.69) is 15.4 Å². The van der Waals surface area contributed by atoms with Crippen LogP contribution in [0.25, 0.3) is 5.52 Å². The van der Waals surface area contributed by atoms with Crippen LogP contribution in [0.2, 0.25) is 0 Å². The third kappa shape index (κ3) is 3.42. The second-order valence-corrected chi connectivity index (χ2v) is 6.08. The maximum absolute atomic E-state index is 11.6. The molecule has 1 aromatic carbocycles. The van der Waals surface area contributed by atoms with E-state index in [9.17, 15) is 9.59 Å². The van der Waals surface area contributed by atoms with E-state index in [1.807, 2.05) is 26.2 Å². The molecule has 2 heterocycles.